The summed E-state index contributed by atoms with van der Waals surface area (Å²) in [5, 5.41) is 6.31. The van der Waals surface area contributed by atoms with E-state index in [4.69, 9.17) is 0 Å². The van der Waals surface area contributed by atoms with Crippen LogP contribution in [0.3, 0.4) is 0 Å². The fourth-order valence-electron chi connectivity index (χ4n) is 2.85. The molecule has 0 spiro atoms. The minimum absolute atomic E-state index is 0.0691. The van der Waals surface area contributed by atoms with Crippen molar-refractivity contribution in [2.45, 2.75) is 26.1 Å². The van der Waals surface area contributed by atoms with Crippen LogP contribution in [0.2, 0.25) is 0 Å². The second kappa shape index (κ2) is 9.16. The van der Waals surface area contributed by atoms with Crippen molar-refractivity contribution in [2.24, 2.45) is 0 Å². The number of rotatable bonds is 6. The maximum absolute atomic E-state index is 13.2. The monoisotopic (exact) mass is 450 g/mol. The maximum Gasteiger partial charge on any atom is 0.416 e. The summed E-state index contributed by atoms with van der Waals surface area (Å²) in [6.07, 6.45) is -4.00. The third-order valence-electron chi connectivity index (χ3n) is 4.50. The van der Waals surface area contributed by atoms with E-state index >= 15 is 0 Å². The van der Waals surface area contributed by atoms with Gasteiger partial charge in [0.05, 0.1) is 17.8 Å². The van der Waals surface area contributed by atoms with E-state index in [1.807, 2.05) is 0 Å². The van der Waals surface area contributed by atoms with E-state index in [0.29, 0.717) is 16.7 Å². The molecule has 1 aromatic heterocycles. The van der Waals surface area contributed by atoms with E-state index in [1.165, 1.54) is 12.1 Å². The van der Waals surface area contributed by atoms with Gasteiger partial charge in [-0.05, 0) is 48.4 Å². The molecule has 3 rings (SSSR count). The van der Waals surface area contributed by atoms with Crippen molar-refractivity contribution in [3.8, 4) is 5.69 Å². The van der Waals surface area contributed by atoms with E-state index in [-0.39, 0.29) is 18.8 Å². The van der Waals surface area contributed by atoms with Gasteiger partial charge in [-0.15, -0.1) is 0 Å². The second-order valence-electron chi connectivity index (χ2n) is 6.86. The topological polar surface area (TPSA) is 86.0 Å². The summed E-state index contributed by atoms with van der Waals surface area (Å²) in [5.74, 6) is -1.34. The van der Waals surface area contributed by atoms with Crippen LogP contribution in [0.1, 0.15) is 35.0 Å². The smallest absolute Gasteiger partial charge is 0.350 e. The molecule has 1 N–H and O–H groups in total. The highest BCUT2D eigenvalue weighted by molar-refractivity contribution is 5.91. The number of alkyl halides is 3. The standard InChI is InChI=1S/C21H18F4N4O3/c1-2-11-26-18(30)17-19(31)28(12-13-3-7-15(22)8-4-13)20(32)29(27-17)16-9-5-14(6-10-16)21(23,24)25/h3-10H,2,11-12H2,1H3,(H,26,30). The zero-order valence-corrected chi connectivity index (χ0v) is 16.8. The van der Waals surface area contributed by atoms with Crippen LogP contribution < -0.4 is 16.6 Å². The first kappa shape index (κ1) is 22.9. The number of nitrogens with one attached hydrogen (secondary N) is 1. The van der Waals surface area contributed by atoms with E-state index < -0.39 is 40.4 Å². The molecule has 0 atom stereocenters. The highest BCUT2D eigenvalue weighted by atomic mass is 19.4. The van der Waals surface area contributed by atoms with Crippen LogP contribution in [-0.4, -0.2) is 26.8 Å². The number of amides is 1. The molecule has 0 radical (unpaired) electrons. The Bertz CT molecular complexity index is 1230. The highest BCUT2D eigenvalue weighted by Crippen LogP contribution is 2.29. The Morgan fingerprint density at radius 2 is 1.66 bits per heavy atom. The van der Waals surface area contributed by atoms with Gasteiger partial charge in [0.2, 0.25) is 5.69 Å². The normalized spacial score (nSPS) is 11.4. The first-order valence-electron chi connectivity index (χ1n) is 9.56. The summed E-state index contributed by atoms with van der Waals surface area (Å²) < 4.78 is 53.2. The van der Waals surface area contributed by atoms with Gasteiger partial charge in [-0.25, -0.2) is 9.18 Å². The van der Waals surface area contributed by atoms with Crippen LogP contribution in [0, 0.1) is 5.82 Å². The number of hydrogen-bond donors (Lipinski definition) is 1. The van der Waals surface area contributed by atoms with E-state index in [0.717, 1.165) is 41.0 Å². The molecule has 7 nitrogen and oxygen atoms in total. The molecule has 32 heavy (non-hydrogen) atoms. The minimum Gasteiger partial charge on any atom is -0.350 e. The first-order chi connectivity index (χ1) is 15.1. The quantitative estimate of drug-likeness (QED) is 0.586. The summed E-state index contributed by atoms with van der Waals surface area (Å²) in [6, 6.07) is 8.55. The van der Waals surface area contributed by atoms with Crippen molar-refractivity contribution in [1.82, 2.24) is 19.7 Å². The van der Waals surface area contributed by atoms with Crippen LogP contribution in [0.4, 0.5) is 17.6 Å². The molecular weight excluding hydrogens is 432 g/mol. The fraction of sp³-hybridized carbons (Fsp3) is 0.238. The van der Waals surface area contributed by atoms with Gasteiger partial charge in [0.15, 0.2) is 0 Å². The largest absolute Gasteiger partial charge is 0.416 e. The van der Waals surface area contributed by atoms with Crippen LogP contribution in [-0.2, 0) is 12.7 Å². The molecule has 1 amide bonds. The zero-order valence-electron chi connectivity index (χ0n) is 16.8. The lowest BCUT2D eigenvalue weighted by molar-refractivity contribution is -0.137. The third-order valence-corrected chi connectivity index (χ3v) is 4.50. The van der Waals surface area contributed by atoms with Crippen molar-refractivity contribution in [1.29, 1.82) is 0 Å². The van der Waals surface area contributed by atoms with Gasteiger partial charge in [-0.2, -0.15) is 23.0 Å². The first-order valence-corrected chi connectivity index (χ1v) is 9.56. The summed E-state index contributed by atoms with van der Waals surface area (Å²) in [4.78, 5) is 38.3. The van der Waals surface area contributed by atoms with Crippen molar-refractivity contribution < 1.29 is 22.4 Å². The summed E-state index contributed by atoms with van der Waals surface area (Å²) >= 11 is 0. The molecule has 3 aromatic rings. The second-order valence-corrected chi connectivity index (χ2v) is 6.86. The van der Waals surface area contributed by atoms with E-state index in [1.54, 1.807) is 6.92 Å². The van der Waals surface area contributed by atoms with Crippen molar-refractivity contribution in [2.75, 3.05) is 6.54 Å². The minimum atomic E-state index is -4.58. The van der Waals surface area contributed by atoms with Gasteiger partial charge >= 0.3 is 11.9 Å². The molecule has 168 valence electrons. The third kappa shape index (κ3) is 4.93. The lowest BCUT2D eigenvalue weighted by Crippen LogP contribution is -2.46. The maximum atomic E-state index is 13.2. The predicted molar refractivity (Wildman–Crippen MR) is 107 cm³/mol. The highest BCUT2D eigenvalue weighted by Gasteiger charge is 2.30. The summed E-state index contributed by atoms with van der Waals surface area (Å²) in [5.41, 5.74) is -3.15. The number of benzene rings is 2. The molecule has 0 aliphatic carbocycles. The Balaban J connectivity index is 2.15. The average Bonchev–Trinajstić information content (AvgIpc) is 2.76. The lowest BCUT2D eigenvalue weighted by Gasteiger charge is -2.13. The molecule has 0 aliphatic heterocycles. The molecule has 0 saturated carbocycles. The van der Waals surface area contributed by atoms with Gasteiger partial charge in [0.1, 0.15) is 5.82 Å². The molecule has 0 saturated heterocycles. The molecule has 11 heteroatoms. The van der Waals surface area contributed by atoms with Crippen LogP contribution in [0.15, 0.2) is 58.1 Å². The molecule has 2 aromatic carbocycles. The number of carbonyl (C=O) groups excluding carboxylic acids is 1. The molecule has 1 heterocycles. The molecular formula is C21H18F4N4O3. The van der Waals surface area contributed by atoms with Gasteiger partial charge < -0.3 is 5.32 Å². The van der Waals surface area contributed by atoms with E-state index in [9.17, 15) is 31.9 Å². The fourth-order valence-corrected chi connectivity index (χ4v) is 2.85. The number of nitrogens with zero attached hydrogens (tertiary/aromatic N) is 3. The van der Waals surface area contributed by atoms with Crippen molar-refractivity contribution in [3.63, 3.8) is 0 Å². The Morgan fingerprint density at radius 3 is 2.22 bits per heavy atom. The Labute approximate surface area is 178 Å². The average molecular weight is 450 g/mol. The number of halogens is 4. The Kier molecular flexibility index (Phi) is 6.56. The van der Waals surface area contributed by atoms with Crippen molar-refractivity contribution >= 4 is 5.91 Å². The summed E-state index contributed by atoms with van der Waals surface area (Å²) in [6.45, 7) is 1.75. The zero-order chi connectivity index (χ0) is 23.5. The van der Waals surface area contributed by atoms with Gasteiger partial charge in [-0.1, -0.05) is 19.1 Å². The number of aromatic nitrogens is 3. The predicted octanol–water partition coefficient (Wildman–Crippen LogP) is 2.74. The van der Waals surface area contributed by atoms with Crippen LogP contribution in [0.5, 0.6) is 0 Å². The molecule has 0 aliphatic rings. The van der Waals surface area contributed by atoms with Crippen molar-refractivity contribution in [3.05, 3.63) is 92.0 Å². The molecule has 0 fully saturated rings. The van der Waals surface area contributed by atoms with Crippen LogP contribution >= 0.6 is 0 Å². The Morgan fingerprint density at radius 1 is 1.03 bits per heavy atom. The van der Waals surface area contributed by atoms with Crippen LogP contribution in [0.25, 0.3) is 5.69 Å². The van der Waals surface area contributed by atoms with Gasteiger partial charge in [0.25, 0.3) is 11.5 Å². The summed E-state index contributed by atoms with van der Waals surface area (Å²) in [7, 11) is 0. The molecule has 0 unspecified atom stereocenters. The van der Waals surface area contributed by atoms with E-state index in [2.05, 4.69) is 10.4 Å². The number of hydrogen-bond acceptors (Lipinski definition) is 4. The Hall–Kier alpha value is -3.76. The molecule has 0 bridgehead atoms. The van der Waals surface area contributed by atoms with Gasteiger partial charge in [-0.3, -0.25) is 14.2 Å². The van der Waals surface area contributed by atoms with Gasteiger partial charge in [0, 0.05) is 6.54 Å². The SMILES string of the molecule is CCCNC(=O)c1nn(-c2ccc(C(F)(F)F)cc2)c(=O)n(Cc2ccc(F)cc2)c1=O. The lowest BCUT2D eigenvalue weighted by atomic mass is 10.2. The number of carbonyl (C=O) groups is 1.